The van der Waals surface area contributed by atoms with Crippen molar-refractivity contribution >= 4 is 11.9 Å². The summed E-state index contributed by atoms with van der Waals surface area (Å²) < 4.78 is 10.7. The van der Waals surface area contributed by atoms with Gasteiger partial charge in [0.2, 0.25) is 0 Å². The highest BCUT2D eigenvalue weighted by atomic mass is 16.7. The van der Waals surface area contributed by atoms with E-state index in [1.807, 2.05) is 0 Å². The molecule has 5 nitrogen and oxygen atoms in total. The molecule has 2 saturated carbocycles. The average Bonchev–Trinajstić information content (AvgIpc) is 2.79. The van der Waals surface area contributed by atoms with E-state index >= 15 is 0 Å². The van der Waals surface area contributed by atoms with Crippen LogP contribution in [0.4, 0.5) is 0 Å². The molecule has 2 aliphatic carbocycles. The lowest BCUT2D eigenvalue weighted by atomic mass is 9.57. The van der Waals surface area contributed by atoms with Gasteiger partial charge in [0.1, 0.15) is 0 Å². The highest BCUT2D eigenvalue weighted by Gasteiger charge is 2.82. The largest absolute Gasteiger partial charge is 0.424 e. The van der Waals surface area contributed by atoms with E-state index < -0.39 is 29.7 Å². The van der Waals surface area contributed by atoms with E-state index in [0.717, 1.165) is 6.42 Å². The van der Waals surface area contributed by atoms with Crippen LogP contribution in [0.1, 0.15) is 40.0 Å². The molecule has 0 aromatic rings. The molecule has 0 aromatic carbocycles. The van der Waals surface area contributed by atoms with E-state index in [9.17, 15) is 14.7 Å². The van der Waals surface area contributed by atoms with E-state index in [-0.39, 0.29) is 22.7 Å². The third-order valence-electron chi connectivity index (χ3n) is 6.43. The van der Waals surface area contributed by atoms with Crippen LogP contribution in [0.15, 0.2) is 0 Å². The zero-order chi connectivity index (χ0) is 14.5. The summed E-state index contributed by atoms with van der Waals surface area (Å²) in [6, 6.07) is 0. The lowest BCUT2D eigenvalue weighted by Gasteiger charge is -2.47. The number of aliphatic hydroxyl groups excluding tert-OH is 1. The van der Waals surface area contributed by atoms with Crippen LogP contribution in [0.2, 0.25) is 0 Å². The molecule has 4 rings (SSSR count). The maximum Gasteiger partial charge on any atom is 0.315 e. The zero-order valence-corrected chi connectivity index (χ0v) is 12.0. The number of carbonyl (C=O) groups excluding carboxylic acids is 2. The van der Waals surface area contributed by atoms with Crippen molar-refractivity contribution in [3.05, 3.63) is 0 Å². The lowest BCUT2D eigenvalue weighted by molar-refractivity contribution is -0.229. The van der Waals surface area contributed by atoms with Crippen molar-refractivity contribution in [1.29, 1.82) is 0 Å². The number of carbonyl (C=O) groups is 2. The molecule has 2 saturated heterocycles. The van der Waals surface area contributed by atoms with Crippen molar-refractivity contribution in [2.45, 2.75) is 52.4 Å². The van der Waals surface area contributed by atoms with Crippen LogP contribution in [0.3, 0.4) is 0 Å². The predicted octanol–water partition coefficient (Wildman–Crippen LogP) is 1.24. The van der Waals surface area contributed by atoms with E-state index in [1.165, 1.54) is 0 Å². The second kappa shape index (κ2) is 3.21. The number of ether oxygens (including phenoxy) is 2. The highest BCUT2D eigenvalue weighted by Crippen LogP contribution is 2.77. The first-order valence-corrected chi connectivity index (χ1v) is 7.30. The van der Waals surface area contributed by atoms with E-state index in [4.69, 9.17) is 9.47 Å². The molecule has 20 heavy (non-hydrogen) atoms. The maximum absolute atomic E-state index is 12.2. The lowest BCUT2D eigenvalue weighted by Crippen LogP contribution is -2.54. The minimum Gasteiger partial charge on any atom is -0.424 e. The zero-order valence-electron chi connectivity index (χ0n) is 12.0. The molecule has 110 valence electrons. The van der Waals surface area contributed by atoms with Crippen LogP contribution < -0.4 is 0 Å². The summed E-state index contributed by atoms with van der Waals surface area (Å²) in [5.74, 6) is -1.10. The van der Waals surface area contributed by atoms with E-state index in [2.05, 4.69) is 20.8 Å². The first-order chi connectivity index (χ1) is 9.22. The highest BCUT2D eigenvalue weighted by molar-refractivity contribution is 5.81. The van der Waals surface area contributed by atoms with Crippen LogP contribution in [0.25, 0.3) is 0 Å². The maximum atomic E-state index is 12.2. The fourth-order valence-electron chi connectivity index (χ4n) is 6.19. The van der Waals surface area contributed by atoms with Crippen LogP contribution in [0, 0.1) is 28.1 Å². The first-order valence-electron chi connectivity index (χ1n) is 7.30. The Morgan fingerprint density at radius 3 is 2.60 bits per heavy atom. The van der Waals surface area contributed by atoms with Crippen molar-refractivity contribution in [1.82, 2.24) is 0 Å². The summed E-state index contributed by atoms with van der Waals surface area (Å²) in [7, 11) is 0. The number of rotatable bonds is 0. The number of esters is 2. The summed E-state index contributed by atoms with van der Waals surface area (Å²) >= 11 is 0. The summed E-state index contributed by atoms with van der Waals surface area (Å²) in [6.45, 7) is 6.39. The third-order valence-corrected chi connectivity index (χ3v) is 6.43. The van der Waals surface area contributed by atoms with Crippen molar-refractivity contribution < 1.29 is 24.2 Å². The second-order valence-electron chi connectivity index (χ2n) is 7.93. The standard InChI is InChI=1S/C15H20O5/c1-13(2)6-14(3)5-9(17)19-12-15(14)8(13)4-7(16)10(15)11(18)20-12/h7-8,10,12,16H,4-6H2,1-3H3. The molecule has 5 heteroatoms. The molecule has 2 heterocycles. The van der Waals surface area contributed by atoms with Crippen LogP contribution in [-0.2, 0) is 19.1 Å². The van der Waals surface area contributed by atoms with E-state index in [1.54, 1.807) is 0 Å². The topological polar surface area (TPSA) is 72.8 Å². The van der Waals surface area contributed by atoms with Gasteiger partial charge in [-0.3, -0.25) is 9.59 Å². The number of aliphatic hydroxyl groups is 1. The van der Waals surface area contributed by atoms with Crippen molar-refractivity contribution in [2.24, 2.45) is 28.1 Å². The molecule has 6 unspecified atom stereocenters. The fourth-order valence-corrected chi connectivity index (χ4v) is 6.19. The Kier molecular flexibility index (Phi) is 2.03. The summed E-state index contributed by atoms with van der Waals surface area (Å²) in [5, 5.41) is 10.4. The van der Waals surface area contributed by atoms with Gasteiger partial charge in [-0.25, -0.2) is 0 Å². The fraction of sp³-hybridized carbons (Fsp3) is 0.867. The Bertz CT molecular complexity index is 526. The summed E-state index contributed by atoms with van der Waals surface area (Å²) in [6.07, 6.45) is 0.263. The first kappa shape index (κ1) is 12.6. The summed E-state index contributed by atoms with van der Waals surface area (Å²) in [5.41, 5.74) is -0.916. The molecule has 4 fully saturated rings. The number of hydrogen-bond donors (Lipinski definition) is 1. The smallest absolute Gasteiger partial charge is 0.315 e. The Morgan fingerprint density at radius 1 is 1.20 bits per heavy atom. The molecule has 1 N–H and O–H groups in total. The molecule has 1 spiro atoms. The molecule has 0 radical (unpaired) electrons. The van der Waals surface area contributed by atoms with Gasteiger partial charge >= 0.3 is 11.9 Å². The summed E-state index contributed by atoms with van der Waals surface area (Å²) in [4.78, 5) is 24.1. The van der Waals surface area contributed by atoms with Gasteiger partial charge in [0.05, 0.1) is 23.9 Å². The SMILES string of the molecule is CC1(C)CC2(C)CC(=O)OC3OC(=O)C4C(O)CC1C342. The molecular formula is C15H20O5. The molecule has 4 aliphatic rings. The quantitative estimate of drug-likeness (QED) is 0.676. The van der Waals surface area contributed by atoms with Gasteiger partial charge in [-0.2, -0.15) is 0 Å². The van der Waals surface area contributed by atoms with Crippen LogP contribution in [0.5, 0.6) is 0 Å². The van der Waals surface area contributed by atoms with Gasteiger partial charge < -0.3 is 14.6 Å². The Labute approximate surface area is 117 Å². The molecule has 2 aliphatic heterocycles. The Morgan fingerprint density at radius 2 is 1.90 bits per heavy atom. The molecular weight excluding hydrogens is 260 g/mol. The monoisotopic (exact) mass is 280 g/mol. The van der Waals surface area contributed by atoms with Crippen LogP contribution >= 0.6 is 0 Å². The normalized spacial score (nSPS) is 55.2. The van der Waals surface area contributed by atoms with Gasteiger partial charge in [0, 0.05) is 0 Å². The molecule has 0 bridgehead atoms. The number of hydrogen-bond acceptors (Lipinski definition) is 5. The van der Waals surface area contributed by atoms with E-state index in [0.29, 0.717) is 12.8 Å². The molecule has 6 atom stereocenters. The average molecular weight is 280 g/mol. The van der Waals surface area contributed by atoms with Gasteiger partial charge in [0.25, 0.3) is 6.29 Å². The third kappa shape index (κ3) is 1.08. The minimum atomic E-state index is -0.810. The van der Waals surface area contributed by atoms with Crippen molar-refractivity contribution in [3.63, 3.8) is 0 Å². The van der Waals surface area contributed by atoms with Gasteiger partial charge in [-0.15, -0.1) is 0 Å². The van der Waals surface area contributed by atoms with Crippen LogP contribution in [-0.4, -0.2) is 29.4 Å². The van der Waals surface area contributed by atoms with Crippen molar-refractivity contribution in [3.8, 4) is 0 Å². The minimum absolute atomic E-state index is 0.0370. The van der Waals surface area contributed by atoms with Crippen molar-refractivity contribution in [2.75, 3.05) is 0 Å². The predicted molar refractivity (Wildman–Crippen MR) is 67.1 cm³/mol. The van der Waals surface area contributed by atoms with Gasteiger partial charge in [0.15, 0.2) is 0 Å². The second-order valence-corrected chi connectivity index (χ2v) is 7.93. The molecule has 0 aromatic heterocycles. The van der Waals surface area contributed by atoms with Gasteiger partial charge in [-0.05, 0) is 29.6 Å². The Hall–Kier alpha value is -1.10. The Balaban J connectivity index is 1.97. The van der Waals surface area contributed by atoms with Gasteiger partial charge in [-0.1, -0.05) is 20.8 Å². The molecule has 0 amide bonds.